The van der Waals surface area contributed by atoms with E-state index in [-0.39, 0.29) is 0 Å². The van der Waals surface area contributed by atoms with Crippen LogP contribution >= 0.6 is 15.9 Å². The minimum absolute atomic E-state index is 0.336. The molecule has 1 aromatic carbocycles. The molecule has 0 aliphatic heterocycles. The molecule has 16 heavy (non-hydrogen) atoms. The van der Waals surface area contributed by atoms with Crippen molar-refractivity contribution < 1.29 is 4.74 Å². The molecule has 1 aliphatic rings. The van der Waals surface area contributed by atoms with Gasteiger partial charge in [-0.2, -0.15) is 0 Å². The third-order valence-electron chi connectivity index (χ3n) is 3.84. The van der Waals surface area contributed by atoms with Gasteiger partial charge in [-0.3, -0.25) is 0 Å². The van der Waals surface area contributed by atoms with E-state index in [2.05, 4.69) is 41.9 Å². The van der Waals surface area contributed by atoms with E-state index in [1.165, 1.54) is 5.56 Å². The standard InChI is InChI=1S/C13H18BrNO/c1-13(2)9(7-15)12(13)8-4-5-11(16-3)10(14)6-8/h4-6,9,12H,7,15H2,1-3H3/t9-,12-/m1/s1. The number of halogens is 1. The summed E-state index contributed by atoms with van der Waals surface area (Å²) in [7, 11) is 1.68. The molecule has 2 atom stereocenters. The van der Waals surface area contributed by atoms with Gasteiger partial charge in [0.2, 0.25) is 0 Å². The number of ether oxygens (including phenoxy) is 1. The Hall–Kier alpha value is -0.540. The van der Waals surface area contributed by atoms with Crippen LogP contribution in [0.2, 0.25) is 0 Å². The second-order valence-electron chi connectivity index (χ2n) is 5.04. The first-order valence-electron chi connectivity index (χ1n) is 5.56. The molecule has 0 unspecified atom stereocenters. The molecule has 2 N–H and O–H groups in total. The Labute approximate surface area is 105 Å². The van der Waals surface area contributed by atoms with Crippen LogP contribution in [0.5, 0.6) is 5.75 Å². The largest absolute Gasteiger partial charge is 0.496 e. The minimum Gasteiger partial charge on any atom is -0.496 e. The number of rotatable bonds is 3. The van der Waals surface area contributed by atoms with Crippen LogP contribution in [-0.4, -0.2) is 13.7 Å². The van der Waals surface area contributed by atoms with Crippen LogP contribution in [0.25, 0.3) is 0 Å². The fourth-order valence-electron chi connectivity index (χ4n) is 2.72. The van der Waals surface area contributed by atoms with Gasteiger partial charge in [-0.15, -0.1) is 0 Å². The Balaban J connectivity index is 2.27. The fraction of sp³-hybridized carbons (Fsp3) is 0.538. The van der Waals surface area contributed by atoms with Gasteiger partial charge in [0.05, 0.1) is 11.6 Å². The highest BCUT2D eigenvalue weighted by Crippen LogP contribution is 2.64. The van der Waals surface area contributed by atoms with Crippen LogP contribution in [0.1, 0.15) is 25.3 Å². The molecule has 0 spiro atoms. The van der Waals surface area contributed by atoms with Crippen LogP contribution in [0.4, 0.5) is 0 Å². The van der Waals surface area contributed by atoms with Crippen molar-refractivity contribution in [2.75, 3.05) is 13.7 Å². The molecule has 1 aliphatic carbocycles. The van der Waals surface area contributed by atoms with Crippen molar-refractivity contribution in [1.82, 2.24) is 0 Å². The van der Waals surface area contributed by atoms with Crippen LogP contribution in [0, 0.1) is 11.3 Å². The van der Waals surface area contributed by atoms with Gasteiger partial charge >= 0.3 is 0 Å². The second-order valence-corrected chi connectivity index (χ2v) is 5.89. The fourth-order valence-corrected chi connectivity index (χ4v) is 3.28. The maximum atomic E-state index is 5.79. The summed E-state index contributed by atoms with van der Waals surface area (Å²) in [6.07, 6.45) is 0. The van der Waals surface area contributed by atoms with Crippen LogP contribution < -0.4 is 10.5 Å². The molecule has 1 aromatic rings. The Morgan fingerprint density at radius 3 is 2.56 bits per heavy atom. The molecule has 0 amide bonds. The van der Waals surface area contributed by atoms with E-state index in [9.17, 15) is 0 Å². The lowest BCUT2D eigenvalue weighted by Gasteiger charge is -2.07. The highest BCUT2D eigenvalue weighted by Gasteiger charge is 2.57. The first-order valence-corrected chi connectivity index (χ1v) is 6.35. The van der Waals surface area contributed by atoms with Crippen molar-refractivity contribution >= 4 is 15.9 Å². The molecule has 3 heteroatoms. The summed E-state index contributed by atoms with van der Waals surface area (Å²) in [5, 5.41) is 0. The minimum atomic E-state index is 0.336. The van der Waals surface area contributed by atoms with Gasteiger partial charge in [0.1, 0.15) is 5.75 Å². The summed E-state index contributed by atoms with van der Waals surface area (Å²) in [6, 6.07) is 6.31. The quantitative estimate of drug-likeness (QED) is 0.925. The Bertz CT molecular complexity index is 403. The van der Waals surface area contributed by atoms with Gasteiger partial charge in [0.25, 0.3) is 0 Å². The highest BCUT2D eigenvalue weighted by molar-refractivity contribution is 9.10. The van der Waals surface area contributed by atoms with E-state index in [0.29, 0.717) is 17.3 Å². The maximum absolute atomic E-state index is 5.79. The van der Waals surface area contributed by atoms with Crippen molar-refractivity contribution in [3.8, 4) is 5.75 Å². The zero-order chi connectivity index (χ0) is 11.9. The highest BCUT2D eigenvalue weighted by atomic mass is 79.9. The van der Waals surface area contributed by atoms with E-state index in [1.807, 2.05) is 6.07 Å². The first kappa shape index (κ1) is 11.9. The lowest BCUT2D eigenvalue weighted by molar-refractivity contribution is 0.412. The van der Waals surface area contributed by atoms with E-state index in [0.717, 1.165) is 16.8 Å². The summed E-state index contributed by atoms with van der Waals surface area (Å²) >= 11 is 3.53. The molecule has 1 saturated carbocycles. The maximum Gasteiger partial charge on any atom is 0.133 e. The van der Waals surface area contributed by atoms with E-state index < -0.39 is 0 Å². The number of hydrogen-bond acceptors (Lipinski definition) is 2. The number of benzene rings is 1. The van der Waals surface area contributed by atoms with Gasteiger partial charge in [-0.05, 0) is 57.4 Å². The molecule has 0 heterocycles. The molecule has 0 saturated heterocycles. The summed E-state index contributed by atoms with van der Waals surface area (Å²) in [4.78, 5) is 0. The van der Waals surface area contributed by atoms with Crippen molar-refractivity contribution in [3.05, 3.63) is 28.2 Å². The van der Waals surface area contributed by atoms with Crippen LogP contribution in [-0.2, 0) is 0 Å². The smallest absolute Gasteiger partial charge is 0.133 e. The molecule has 0 radical (unpaired) electrons. The van der Waals surface area contributed by atoms with Gasteiger partial charge in [-0.1, -0.05) is 19.9 Å². The van der Waals surface area contributed by atoms with Crippen molar-refractivity contribution in [3.63, 3.8) is 0 Å². The molecule has 2 nitrogen and oxygen atoms in total. The van der Waals surface area contributed by atoms with Gasteiger partial charge in [-0.25, -0.2) is 0 Å². The van der Waals surface area contributed by atoms with Crippen molar-refractivity contribution in [2.24, 2.45) is 17.1 Å². The third kappa shape index (κ3) is 1.76. The molecule has 0 bridgehead atoms. The van der Waals surface area contributed by atoms with Crippen LogP contribution in [0.15, 0.2) is 22.7 Å². The zero-order valence-corrected chi connectivity index (χ0v) is 11.5. The normalized spacial score (nSPS) is 26.6. The number of methoxy groups -OCH3 is 1. The average Bonchev–Trinajstić information content (AvgIpc) is 2.80. The van der Waals surface area contributed by atoms with E-state index in [4.69, 9.17) is 10.5 Å². The number of nitrogens with two attached hydrogens (primary N) is 1. The van der Waals surface area contributed by atoms with Gasteiger partial charge in [0.15, 0.2) is 0 Å². The first-order chi connectivity index (χ1) is 7.52. The zero-order valence-electron chi connectivity index (χ0n) is 9.96. The van der Waals surface area contributed by atoms with Gasteiger partial charge < -0.3 is 10.5 Å². The third-order valence-corrected chi connectivity index (χ3v) is 4.46. The molecule has 2 rings (SSSR count). The molecule has 88 valence electrons. The Morgan fingerprint density at radius 2 is 2.12 bits per heavy atom. The van der Waals surface area contributed by atoms with Gasteiger partial charge in [0, 0.05) is 0 Å². The molecular formula is C13H18BrNO. The molecule has 0 aromatic heterocycles. The lowest BCUT2D eigenvalue weighted by Crippen LogP contribution is -2.05. The predicted molar refractivity (Wildman–Crippen MR) is 69.8 cm³/mol. The predicted octanol–water partition coefficient (Wildman–Crippen LogP) is 3.16. The van der Waals surface area contributed by atoms with E-state index >= 15 is 0 Å². The van der Waals surface area contributed by atoms with Crippen LogP contribution in [0.3, 0.4) is 0 Å². The monoisotopic (exact) mass is 283 g/mol. The molecular weight excluding hydrogens is 266 g/mol. The summed E-state index contributed by atoms with van der Waals surface area (Å²) in [5.41, 5.74) is 7.49. The topological polar surface area (TPSA) is 35.2 Å². The second kappa shape index (κ2) is 4.04. The number of hydrogen-bond donors (Lipinski definition) is 1. The molecule has 1 fully saturated rings. The van der Waals surface area contributed by atoms with Crippen molar-refractivity contribution in [2.45, 2.75) is 19.8 Å². The summed E-state index contributed by atoms with van der Waals surface area (Å²) < 4.78 is 6.25. The Kier molecular flexibility index (Phi) is 3.01. The Morgan fingerprint density at radius 1 is 1.44 bits per heavy atom. The van der Waals surface area contributed by atoms with E-state index in [1.54, 1.807) is 7.11 Å². The average molecular weight is 284 g/mol. The summed E-state index contributed by atoms with van der Waals surface area (Å²) in [5.74, 6) is 2.07. The summed E-state index contributed by atoms with van der Waals surface area (Å²) in [6.45, 7) is 5.34. The SMILES string of the molecule is COc1ccc([C@@H]2[C@@H](CN)C2(C)C)cc1Br. The van der Waals surface area contributed by atoms with Crippen molar-refractivity contribution in [1.29, 1.82) is 0 Å². The lowest BCUT2D eigenvalue weighted by atomic mass is 10.0.